The highest BCUT2D eigenvalue weighted by Gasteiger charge is 2.23. The van der Waals surface area contributed by atoms with Gasteiger partial charge in [0, 0.05) is 6.04 Å². The molecule has 5 N–H and O–H groups in total. The second-order valence-corrected chi connectivity index (χ2v) is 3.89. The number of nitrogens with one attached hydrogen (secondary N) is 1. The monoisotopic (exact) mass is 243 g/mol. The van der Waals surface area contributed by atoms with Gasteiger partial charge >= 0.3 is 0 Å². The fourth-order valence-corrected chi connectivity index (χ4v) is 1.66. The first kappa shape index (κ1) is 14.0. The van der Waals surface area contributed by atoms with Gasteiger partial charge in [0.25, 0.3) is 6.01 Å². The Morgan fingerprint density at radius 1 is 1.47 bits per heavy atom. The molecule has 98 valence electrons. The molecule has 1 aromatic heterocycles. The van der Waals surface area contributed by atoms with Crippen molar-refractivity contribution in [3.8, 4) is 6.01 Å². The summed E-state index contributed by atoms with van der Waals surface area (Å²) in [6.45, 7) is 4.07. The average molecular weight is 243 g/mol. The zero-order valence-corrected chi connectivity index (χ0v) is 10.3. The second-order valence-electron chi connectivity index (χ2n) is 3.89. The maximum absolute atomic E-state index is 10.0. The number of nitrogens with two attached hydrogens (primary N) is 1. The molecule has 0 aliphatic rings. The molecule has 1 heterocycles. The highest BCUT2D eigenvalue weighted by molar-refractivity contribution is 5.20. The van der Waals surface area contributed by atoms with Crippen molar-refractivity contribution >= 4 is 0 Å². The number of rotatable bonds is 7. The lowest BCUT2D eigenvalue weighted by Crippen LogP contribution is -2.29. The molecule has 0 fully saturated rings. The van der Waals surface area contributed by atoms with Crippen molar-refractivity contribution in [2.24, 2.45) is 5.73 Å². The lowest BCUT2D eigenvalue weighted by Gasteiger charge is -2.17. The molecule has 0 amide bonds. The highest BCUT2D eigenvalue weighted by atomic mass is 16.5. The third-order valence-electron chi connectivity index (χ3n) is 2.54. The number of aromatic nitrogens is 2. The van der Waals surface area contributed by atoms with Crippen LogP contribution in [0.5, 0.6) is 6.01 Å². The standard InChI is InChI=1S/C11H21N3O3/c1-3-5-7(12)10(16)9-8(6-15)13-11(14-9)17-4-2/h7,10,15-16H,3-6,12H2,1-2H3,(H,13,14). The zero-order chi connectivity index (χ0) is 12.8. The van der Waals surface area contributed by atoms with Gasteiger partial charge in [0.1, 0.15) is 6.10 Å². The van der Waals surface area contributed by atoms with Crippen molar-refractivity contribution in [3.05, 3.63) is 11.4 Å². The largest absolute Gasteiger partial charge is 0.465 e. The maximum atomic E-state index is 10.0. The van der Waals surface area contributed by atoms with Gasteiger partial charge < -0.3 is 25.7 Å². The molecule has 0 spiro atoms. The Bertz CT molecular complexity index is 341. The molecular weight excluding hydrogens is 222 g/mol. The number of ether oxygens (including phenoxy) is 1. The normalized spacial score (nSPS) is 14.6. The maximum Gasteiger partial charge on any atom is 0.294 e. The highest BCUT2D eigenvalue weighted by Crippen LogP contribution is 2.23. The van der Waals surface area contributed by atoms with Gasteiger partial charge in [0.2, 0.25) is 0 Å². The Balaban J connectivity index is 2.86. The van der Waals surface area contributed by atoms with E-state index in [2.05, 4.69) is 9.97 Å². The van der Waals surface area contributed by atoms with Gasteiger partial charge in [-0.15, -0.1) is 0 Å². The molecule has 17 heavy (non-hydrogen) atoms. The van der Waals surface area contributed by atoms with Crippen LogP contribution < -0.4 is 10.5 Å². The van der Waals surface area contributed by atoms with Gasteiger partial charge in [-0.3, -0.25) is 0 Å². The molecule has 0 saturated carbocycles. The Morgan fingerprint density at radius 2 is 2.18 bits per heavy atom. The van der Waals surface area contributed by atoms with Gasteiger partial charge in [-0.25, -0.2) is 0 Å². The van der Waals surface area contributed by atoms with Crippen LogP contribution in [0.3, 0.4) is 0 Å². The second kappa shape index (κ2) is 6.58. The quantitative estimate of drug-likeness (QED) is 0.557. The molecule has 2 unspecified atom stereocenters. The zero-order valence-electron chi connectivity index (χ0n) is 10.3. The van der Waals surface area contributed by atoms with E-state index in [9.17, 15) is 10.2 Å². The Morgan fingerprint density at radius 3 is 2.71 bits per heavy atom. The first-order chi connectivity index (χ1) is 8.13. The topological polar surface area (TPSA) is 104 Å². The van der Waals surface area contributed by atoms with E-state index in [1.54, 1.807) is 0 Å². The molecular formula is C11H21N3O3. The predicted octanol–water partition coefficient (Wildman–Crippen LogP) is 0.461. The van der Waals surface area contributed by atoms with Crippen LogP contribution in [0.4, 0.5) is 0 Å². The van der Waals surface area contributed by atoms with Crippen LogP contribution in [-0.4, -0.2) is 32.8 Å². The summed E-state index contributed by atoms with van der Waals surface area (Å²) in [6, 6.07) is -0.0858. The summed E-state index contributed by atoms with van der Waals surface area (Å²) in [5.74, 6) is 0. The molecule has 6 heteroatoms. The van der Waals surface area contributed by atoms with E-state index in [-0.39, 0.29) is 12.6 Å². The number of aliphatic hydroxyl groups is 2. The van der Waals surface area contributed by atoms with E-state index >= 15 is 0 Å². The van der Waals surface area contributed by atoms with Gasteiger partial charge in [0.15, 0.2) is 0 Å². The number of H-pyrrole nitrogens is 1. The fourth-order valence-electron chi connectivity index (χ4n) is 1.66. The fraction of sp³-hybridized carbons (Fsp3) is 0.727. The van der Waals surface area contributed by atoms with Crippen molar-refractivity contribution < 1.29 is 14.9 Å². The molecule has 0 aromatic carbocycles. The predicted molar refractivity (Wildman–Crippen MR) is 63.5 cm³/mol. The minimum absolute atomic E-state index is 0.231. The summed E-state index contributed by atoms with van der Waals surface area (Å²) in [4.78, 5) is 6.92. The number of aliphatic hydroxyl groups excluding tert-OH is 2. The van der Waals surface area contributed by atoms with Crippen molar-refractivity contribution in [2.45, 2.75) is 45.4 Å². The van der Waals surface area contributed by atoms with E-state index in [0.29, 0.717) is 30.4 Å². The minimum Gasteiger partial charge on any atom is -0.465 e. The van der Waals surface area contributed by atoms with Gasteiger partial charge in [-0.1, -0.05) is 13.3 Å². The van der Waals surface area contributed by atoms with Crippen molar-refractivity contribution in [2.75, 3.05) is 6.61 Å². The van der Waals surface area contributed by atoms with Crippen LogP contribution >= 0.6 is 0 Å². The van der Waals surface area contributed by atoms with E-state index in [4.69, 9.17) is 10.5 Å². The van der Waals surface area contributed by atoms with Crippen LogP contribution in [0.25, 0.3) is 0 Å². The first-order valence-electron chi connectivity index (χ1n) is 5.90. The van der Waals surface area contributed by atoms with E-state index in [0.717, 1.165) is 6.42 Å². The van der Waals surface area contributed by atoms with Crippen LogP contribution in [0.1, 0.15) is 44.2 Å². The number of nitrogens with zero attached hydrogens (tertiary/aromatic N) is 1. The SMILES string of the molecule is CCCC(N)C(O)c1nc(OCC)[nH]c1CO. The van der Waals surface area contributed by atoms with Gasteiger partial charge in [0.05, 0.1) is 24.6 Å². The van der Waals surface area contributed by atoms with Crippen LogP contribution in [0, 0.1) is 0 Å². The Labute approximate surface area is 101 Å². The van der Waals surface area contributed by atoms with E-state index < -0.39 is 6.10 Å². The molecule has 1 aromatic rings. The van der Waals surface area contributed by atoms with Crippen molar-refractivity contribution in [1.29, 1.82) is 0 Å². The summed E-state index contributed by atoms with van der Waals surface area (Å²) in [6.07, 6.45) is 0.695. The molecule has 0 aliphatic heterocycles. The smallest absolute Gasteiger partial charge is 0.294 e. The first-order valence-corrected chi connectivity index (χ1v) is 5.90. The molecule has 0 aliphatic carbocycles. The Kier molecular flexibility index (Phi) is 5.40. The Hall–Kier alpha value is -1.11. The van der Waals surface area contributed by atoms with Crippen molar-refractivity contribution in [1.82, 2.24) is 9.97 Å². The van der Waals surface area contributed by atoms with Gasteiger partial charge in [-0.2, -0.15) is 4.98 Å². The van der Waals surface area contributed by atoms with E-state index in [1.165, 1.54) is 0 Å². The summed E-state index contributed by atoms with van der Waals surface area (Å²) in [5.41, 5.74) is 6.66. The van der Waals surface area contributed by atoms with E-state index in [1.807, 2.05) is 13.8 Å². The van der Waals surface area contributed by atoms with Gasteiger partial charge in [-0.05, 0) is 13.3 Å². The number of hydrogen-bond donors (Lipinski definition) is 4. The molecule has 0 saturated heterocycles. The molecule has 0 bridgehead atoms. The molecule has 6 nitrogen and oxygen atoms in total. The van der Waals surface area contributed by atoms with Crippen LogP contribution in [-0.2, 0) is 6.61 Å². The minimum atomic E-state index is -0.887. The summed E-state index contributed by atoms with van der Waals surface area (Å²) < 4.78 is 5.19. The summed E-state index contributed by atoms with van der Waals surface area (Å²) in [7, 11) is 0. The number of imidazole rings is 1. The lowest BCUT2D eigenvalue weighted by molar-refractivity contribution is 0.134. The third kappa shape index (κ3) is 3.42. The number of aromatic amines is 1. The lowest BCUT2D eigenvalue weighted by atomic mass is 10.0. The summed E-state index contributed by atoms with van der Waals surface area (Å²) in [5, 5.41) is 19.2. The molecule has 2 atom stereocenters. The number of hydrogen-bond acceptors (Lipinski definition) is 5. The van der Waals surface area contributed by atoms with Crippen LogP contribution in [0.2, 0.25) is 0 Å². The molecule has 1 rings (SSSR count). The summed E-state index contributed by atoms with van der Waals surface area (Å²) >= 11 is 0. The van der Waals surface area contributed by atoms with Crippen molar-refractivity contribution in [3.63, 3.8) is 0 Å². The third-order valence-corrected chi connectivity index (χ3v) is 2.54. The average Bonchev–Trinajstić information content (AvgIpc) is 2.72. The molecule has 0 radical (unpaired) electrons. The van der Waals surface area contributed by atoms with Crippen LogP contribution in [0.15, 0.2) is 0 Å².